The van der Waals surface area contributed by atoms with Crippen LogP contribution in [0.5, 0.6) is 0 Å². The van der Waals surface area contributed by atoms with Gasteiger partial charge in [-0.05, 0) is 50.2 Å². The first-order valence-electron chi connectivity index (χ1n) is 11.1. The highest BCUT2D eigenvalue weighted by molar-refractivity contribution is 6.09. The Morgan fingerprint density at radius 2 is 1.97 bits per heavy atom. The van der Waals surface area contributed by atoms with Crippen molar-refractivity contribution in [1.29, 1.82) is 0 Å². The average Bonchev–Trinajstić information content (AvgIpc) is 2.80. The zero-order valence-electron chi connectivity index (χ0n) is 17.5. The minimum atomic E-state index is 0.318. The Morgan fingerprint density at radius 1 is 1.17 bits per heavy atom. The van der Waals surface area contributed by atoms with Crippen LogP contribution in [-0.4, -0.2) is 52.5 Å². The van der Waals surface area contributed by atoms with E-state index in [4.69, 9.17) is 10.7 Å². The van der Waals surface area contributed by atoms with Crippen LogP contribution < -0.4 is 5.73 Å². The fourth-order valence-corrected chi connectivity index (χ4v) is 4.82. The number of piperidine rings is 1. The summed E-state index contributed by atoms with van der Waals surface area (Å²) < 4.78 is 0. The van der Waals surface area contributed by atoms with E-state index in [-0.39, 0.29) is 0 Å². The normalized spacial score (nSPS) is 24.5. The Labute approximate surface area is 178 Å². The van der Waals surface area contributed by atoms with Gasteiger partial charge in [-0.3, -0.25) is 9.98 Å². The van der Waals surface area contributed by atoms with Crippen molar-refractivity contribution in [2.75, 3.05) is 13.1 Å². The van der Waals surface area contributed by atoms with Crippen molar-refractivity contribution in [2.24, 2.45) is 16.6 Å². The zero-order valence-corrected chi connectivity index (χ0v) is 17.5. The van der Waals surface area contributed by atoms with Crippen molar-refractivity contribution in [3.8, 4) is 0 Å². The number of hydrogen-bond donors (Lipinski definition) is 1. The van der Waals surface area contributed by atoms with Crippen LogP contribution in [0.1, 0.15) is 50.6 Å². The number of carbonyl (C=O) groups is 1. The van der Waals surface area contributed by atoms with Gasteiger partial charge in [-0.1, -0.05) is 18.6 Å². The lowest BCUT2D eigenvalue weighted by Crippen LogP contribution is -2.44. The van der Waals surface area contributed by atoms with Gasteiger partial charge in [0.15, 0.2) is 0 Å². The Hall–Kier alpha value is -2.60. The fourth-order valence-electron chi connectivity index (χ4n) is 4.82. The second-order valence-corrected chi connectivity index (χ2v) is 8.50. The highest BCUT2D eigenvalue weighted by Crippen LogP contribution is 2.31. The van der Waals surface area contributed by atoms with Gasteiger partial charge >= 0.3 is 0 Å². The summed E-state index contributed by atoms with van der Waals surface area (Å²) in [6, 6.07) is 8.78. The van der Waals surface area contributed by atoms with Gasteiger partial charge in [0.2, 0.25) is 0 Å². The molecule has 2 aliphatic rings. The standard InChI is InChI=1S/C24H31N5O/c25-15-19(24-17-27-22-6-1-2-7-23(22)28-24)16-26-20-8-11-29(12-9-20)21-5-3-4-18(14-21)10-13-30/h1-2,6-7,13,15-18,20-21H,3-5,8-12,14,25H2. The molecule has 1 aromatic heterocycles. The summed E-state index contributed by atoms with van der Waals surface area (Å²) in [7, 11) is 0. The van der Waals surface area contributed by atoms with Gasteiger partial charge in [0.05, 0.1) is 29.0 Å². The van der Waals surface area contributed by atoms with Crippen LogP contribution in [-0.2, 0) is 4.79 Å². The van der Waals surface area contributed by atoms with E-state index in [0.29, 0.717) is 18.0 Å². The molecule has 2 aromatic rings. The van der Waals surface area contributed by atoms with Gasteiger partial charge in [-0.15, -0.1) is 0 Å². The second-order valence-electron chi connectivity index (χ2n) is 8.50. The monoisotopic (exact) mass is 405 g/mol. The number of likely N-dealkylation sites (tertiary alicyclic amines) is 1. The molecule has 2 N–H and O–H groups in total. The number of aromatic nitrogens is 2. The zero-order chi connectivity index (χ0) is 20.8. The molecule has 0 spiro atoms. The lowest BCUT2D eigenvalue weighted by molar-refractivity contribution is -0.109. The minimum Gasteiger partial charge on any atom is -0.404 e. The van der Waals surface area contributed by atoms with Gasteiger partial charge in [0, 0.05) is 43.5 Å². The number of para-hydroxylation sites is 2. The van der Waals surface area contributed by atoms with Gasteiger partial charge in [-0.25, -0.2) is 4.98 Å². The number of aliphatic imine (C=N–C) groups is 1. The molecule has 1 aliphatic carbocycles. The smallest absolute Gasteiger partial charge is 0.120 e. The molecular weight excluding hydrogens is 374 g/mol. The van der Waals surface area contributed by atoms with Crippen molar-refractivity contribution < 1.29 is 4.79 Å². The summed E-state index contributed by atoms with van der Waals surface area (Å²) in [4.78, 5) is 27.5. The average molecular weight is 406 g/mol. The Balaban J connectivity index is 1.33. The van der Waals surface area contributed by atoms with E-state index in [2.05, 4.69) is 14.9 Å². The first kappa shape index (κ1) is 20.7. The largest absolute Gasteiger partial charge is 0.404 e. The number of aldehydes is 1. The SMILES string of the molecule is NC=C(C=NC1CCN(C2CCCC(CC=O)C2)CC1)c1cnc2ccccc2n1. The predicted molar refractivity (Wildman–Crippen MR) is 121 cm³/mol. The molecular formula is C24H31N5O. The number of rotatable bonds is 6. The molecule has 1 aliphatic heterocycles. The maximum absolute atomic E-state index is 10.9. The number of fused-ring (bicyclic) bond motifs is 1. The van der Waals surface area contributed by atoms with Crippen LogP contribution in [0.3, 0.4) is 0 Å². The van der Waals surface area contributed by atoms with Crippen molar-refractivity contribution in [1.82, 2.24) is 14.9 Å². The van der Waals surface area contributed by atoms with Gasteiger partial charge in [-0.2, -0.15) is 0 Å². The van der Waals surface area contributed by atoms with Crippen LogP contribution in [0, 0.1) is 5.92 Å². The highest BCUT2D eigenvalue weighted by Gasteiger charge is 2.29. The Bertz CT molecular complexity index is 917. The van der Waals surface area contributed by atoms with Crippen molar-refractivity contribution in [3.63, 3.8) is 0 Å². The van der Waals surface area contributed by atoms with E-state index in [1.165, 1.54) is 25.7 Å². The Kier molecular flexibility index (Phi) is 6.84. The fraction of sp³-hybridized carbons (Fsp3) is 0.500. The topological polar surface area (TPSA) is 84.5 Å². The minimum absolute atomic E-state index is 0.318. The molecule has 0 radical (unpaired) electrons. The van der Waals surface area contributed by atoms with Crippen molar-refractivity contribution in [2.45, 2.75) is 57.0 Å². The summed E-state index contributed by atoms with van der Waals surface area (Å²) in [6.07, 6.45) is 14.0. The molecule has 0 amide bonds. The molecule has 1 aromatic carbocycles. The summed E-state index contributed by atoms with van der Waals surface area (Å²) in [6.45, 7) is 2.16. The number of carbonyl (C=O) groups excluding carboxylic acids is 1. The molecule has 6 nitrogen and oxygen atoms in total. The molecule has 6 heteroatoms. The highest BCUT2D eigenvalue weighted by atomic mass is 16.1. The maximum Gasteiger partial charge on any atom is 0.120 e. The number of nitrogens with zero attached hydrogens (tertiary/aromatic N) is 4. The third-order valence-electron chi connectivity index (χ3n) is 6.55. The molecule has 4 rings (SSSR count). The second kappa shape index (κ2) is 9.94. The third-order valence-corrected chi connectivity index (χ3v) is 6.55. The first-order valence-corrected chi connectivity index (χ1v) is 11.1. The van der Waals surface area contributed by atoms with Crippen LogP contribution >= 0.6 is 0 Å². The lowest BCUT2D eigenvalue weighted by Gasteiger charge is -2.40. The van der Waals surface area contributed by atoms with E-state index >= 15 is 0 Å². The van der Waals surface area contributed by atoms with Gasteiger partial charge in [0.1, 0.15) is 6.29 Å². The molecule has 0 bridgehead atoms. The molecule has 2 atom stereocenters. The third kappa shape index (κ3) is 4.93. The molecule has 1 saturated heterocycles. The lowest BCUT2D eigenvalue weighted by atomic mass is 9.82. The number of hydrogen-bond acceptors (Lipinski definition) is 6. The number of nitrogens with two attached hydrogens (primary N) is 1. The summed E-state index contributed by atoms with van der Waals surface area (Å²) in [5.41, 5.74) is 9.16. The van der Waals surface area contributed by atoms with Gasteiger partial charge < -0.3 is 15.4 Å². The summed E-state index contributed by atoms with van der Waals surface area (Å²) in [5.74, 6) is 0.581. The van der Waals surface area contributed by atoms with Crippen LogP contribution in [0.4, 0.5) is 0 Å². The van der Waals surface area contributed by atoms with Crippen LogP contribution in [0.2, 0.25) is 0 Å². The van der Waals surface area contributed by atoms with Crippen LogP contribution in [0.15, 0.2) is 41.7 Å². The van der Waals surface area contributed by atoms with Crippen LogP contribution in [0.25, 0.3) is 16.6 Å². The van der Waals surface area contributed by atoms with E-state index < -0.39 is 0 Å². The summed E-state index contributed by atoms with van der Waals surface area (Å²) >= 11 is 0. The van der Waals surface area contributed by atoms with E-state index in [0.717, 1.165) is 60.9 Å². The maximum atomic E-state index is 10.9. The number of benzene rings is 1. The molecule has 2 heterocycles. The van der Waals surface area contributed by atoms with Gasteiger partial charge in [0.25, 0.3) is 0 Å². The number of allylic oxidation sites excluding steroid dienone is 1. The molecule has 1 saturated carbocycles. The Morgan fingerprint density at radius 3 is 2.73 bits per heavy atom. The van der Waals surface area contributed by atoms with E-state index in [1.807, 2.05) is 30.5 Å². The molecule has 2 fully saturated rings. The predicted octanol–water partition coefficient (Wildman–Crippen LogP) is 3.61. The van der Waals surface area contributed by atoms with Crippen molar-refractivity contribution >= 4 is 29.1 Å². The first-order chi connectivity index (χ1) is 14.8. The quantitative estimate of drug-likeness (QED) is 0.586. The summed E-state index contributed by atoms with van der Waals surface area (Å²) in [5, 5.41) is 0. The van der Waals surface area contributed by atoms with E-state index in [9.17, 15) is 4.79 Å². The van der Waals surface area contributed by atoms with E-state index in [1.54, 1.807) is 12.4 Å². The molecule has 158 valence electrons. The molecule has 2 unspecified atom stereocenters. The van der Waals surface area contributed by atoms with Crippen molar-refractivity contribution in [3.05, 3.63) is 42.4 Å². The molecule has 30 heavy (non-hydrogen) atoms.